The topological polar surface area (TPSA) is 72.5 Å². The minimum atomic E-state index is -0.936. The highest BCUT2D eigenvalue weighted by molar-refractivity contribution is 5.72. The first-order valence-electron chi connectivity index (χ1n) is 6.21. The molecule has 1 aromatic rings. The van der Waals surface area contributed by atoms with Crippen LogP contribution >= 0.6 is 0 Å². The average molecular weight is 251 g/mol. The Morgan fingerprint density at radius 1 is 1.50 bits per heavy atom. The zero-order valence-corrected chi connectivity index (χ0v) is 11.1. The van der Waals surface area contributed by atoms with Gasteiger partial charge >= 0.3 is 5.97 Å². The molecule has 1 rings (SSSR count). The van der Waals surface area contributed by atoms with Gasteiger partial charge in [0.15, 0.2) is 6.10 Å². The molecule has 0 spiro atoms. The monoisotopic (exact) mass is 251 g/mol. The lowest BCUT2D eigenvalue weighted by molar-refractivity contribution is -0.145. The Balaban J connectivity index is 3.00. The van der Waals surface area contributed by atoms with Crippen molar-refractivity contribution in [3.63, 3.8) is 0 Å². The summed E-state index contributed by atoms with van der Waals surface area (Å²) in [6.45, 7) is 5.72. The van der Waals surface area contributed by atoms with Gasteiger partial charge in [0.25, 0.3) is 0 Å². The van der Waals surface area contributed by atoms with Crippen molar-refractivity contribution >= 4 is 5.97 Å². The molecule has 0 fully saturated rings. The number of hydrogen-bond acceptors (Lipinski definition) is 3. The number of nitrogens with two attached hydrogens (primary N) is 1. The van der Waals surface area contributed by atoms with Crippen LogP contribution in [0.1, 0.15) is 43.9 Å². The van der Waals surface area contributed by atoms with Crippen molar-refractivity contribution in [2.75, 3.05) is 0 Å². The Bertz CT molecular complexity index is 416. The molecular weight excluding hydrogens is 230 g/mol. The van der Waals surface area contributed by atoms with E-state index in [2.05, 4.69) is 0 Å². The van der Waals surface area contributed by atoms with Gasteiger partial charge in [-0.05, 0) is 31.9 Å². The van der Waals surface area contributed by atoms with Gasteiger partial charge in [-0.25, -0.2) is 4.79 Å². The smallest absolute Gasteiger partial charge is 0.344 e. The molecule has 0 heterocycles. The molecule has 0 radical (unpaired) electrons. The van der Waals surface area contributed by atoms with Crippen LogP contribution in [-0.2, 0) is 4.79 Å². The highest BCUT2D eigenvalue weighted by Crippen LogP contribution is 2.26. The summed E-state index contributed by atoms with van der Waals surface area (Å²) in [7, 11) is 0. The van der Waals surface area contributed by atoms with Gasteiger partial charge in [-0.1, -0.05) is 25.5 Å². The van der Waals surface area contributed by atoms with Gasteiger partial charge in [0.05, 0.1) is 0 Å². The quantitative estimate of drug-likeness (QED) is 0.815. The van der Waals surface area contributed by atoms with Gasteiger partial charge in [0.2, 0.25) is 0 Å². The maximum Gasteiger partial charge on any atom is 0.344 e. The molecule has 0 aliphatic rings. The second kappa shape index (κ2) is 6.40. The van der Waals surface area contributed by atoms with Crippen molar-refractivity contribution in [1.82, 2.24) is 0 Å². The number of hydrogen-bond donors (Lipinski definition) is 2. The predicted octanol–water partition coefficient (Wildman–Crippen LogP) is 2.65. The molecule has 0 aromatic heterocycles. The molecule has 4 heteroatoms. The Morgan fingerprint density at radius 2 is 2.17 bits per heavy atom. The van der Waals surface area contributed by atoms with Crippen LogP contribution < -0.4 is 10.5 Å². The van der Waals surface area contributed by atoms with E-state index in [-0.39, 0.29) is 6.04 Å². The number of aryl methyl sites for hydroxylation is 1. The summed E-state index contributed by atoms with van der Waals surface area (Å²) in [6, 6.07) is 5.49. The summed E-state index contributed by atoms with van der Waals surface area (Å²) in [6.07, 6.45) is 0.437. The van der Waals surface area contributed by atoms with E-state index in [0.717, 1.165) is 17.5 Å². The average Bonchev–Trinajstić information content (AvgIpc) is 2.28. The van der Waals surface area contributed by atoms with Crippen LogP contribution in [0.2, 0.25) is 0 Å². The predicted molar refractivity (Wildman–Crippen MR) is 70.7 cm³/mol. The molecule has 0 aliphatic heterocycles. The lowest BCUT2D eigenvalue weighted by Gasteiger charge is -2.19. The lowest BCUT2D eigenvalue weighted by Crippen LogP contribution is -2.27. The van der Waals surface area contributed by atoms with Crippen molar-refractivity contribution in [3.05, 3.63) is 29.3 Å². The number of ether oxygens (including phenoxy) is 1. The van der Waals surface area contributed by atoms with Gasteiger partial charge < -0.3 is 15.6 Å². The normalized spacial score (nSPS) is 14.0. The molecule has 18 heavy (non-hydrogen) atoms. The molecule has 0 amide bonds. The number of carboxylic acids is 1. The summed E-state index contributed by atoms with van der Waals surface area (Å²) in [5.41, 5.74) is 7.72. The van der Waals surface area contributed by atoms with Gasteiger partial charge in [-0.2, -0.15) is 0 Å². The fraction of sp³-hybridized carbons (Fsp3) is 0.500. The molecule has 1 unspecified atom stereocenters. The van der Waals surface area contributed by atoms with Crippen molar-refractivity contribution in [3.8, 4) is 5.75 Å². The fourth-order valence-electron chi connectivity index (χ4n) is 1.77. The highest BCUT2D eigenvalue weighted by atomic mass is 16.5. The van der Waals surface area contributed by atoms with Crippen LogP contribution in [0.15, 0.2) is 18.2 Å². The van der Waals surface area contributed by atoms with Crippen LogP contribution in [0.25, 0.3) is 0 Å². The largest absolute Gasteiger partial charge is 0.479 e. The van der Waals surface area contributed by atoms with Crippen molar-refractivity contribution in [1.29, 1.82) is 0 Å². The summed E-state index contributed by atoms with van der Waals surface area (Å²) >= 11 is 0. The van der Waals surface area contributed by atoms with E-state index in [1.54, 1.807) is 0 Å². The van der Waals surface area contributed by atoms with E-state index >= 15 is 0 Å². The van der Waals surface area contributed by atoms with Crippen LogP contribution in [0.5, 0.6) is 5.75 Å². The minimum absolute atomic E-state index is 0.184. The molecule has 3 N–H and O–H groups in total. The molecule has 0 aliphatic carbocycles. The first-order valence-corrected chi connectivity index (χ1v) is 6.21. The first kappa shape index (κ1) is 14.5. The maximum atomic E-state index is 11.1. The maximum absolute atomic E-state index is 11.1. The standard InChI is InChI=1S/C14H21NO3/c1-4-5-12(14(16)17)18-13-8-9(2)6-7-11(13)10(3)15/h6-8,10,12H,4-5,15H2,1-3H3,(H,16,17)/t10-,12?/m1/s1. The van der Waals surface area contributed by atoms with Gasteiger partial charge in [0.1, 0.15) is 5.75 Å². The summed E-state index contributed by atoms with van der Waals surface area (Å²) in [4.78, 5) is 11.1. The zero-order chi connectivity index (χ0) is 13.7. The van der Waals surface area contributed by atoms with Crippen LogP contribution in [0.3, 0.4) is 0 Å². The molecule has 0 saturated heterocycles. The Hall–Kier alpha value is -1.55. The zero-order valence-electron chi connectivity index (χ0n) is 11.1. The van der Waals surface area contributed by atoms with E-state index < -0.39 is 12.1 Å². The Kier molecular flexibility index (Phi) is 5.16. The Morgan fingerprint density at radius 3 is 2.67 bits per heavy atom. The number of benzene rings is 1. The number of rotatable bonds is 6. The third kappa shape index (κ3) is 3.74. The van der Waals surface area contributed by atoms with E-state index in [4.69, 9.17) is 15.6 Å². The van der Waals surface area contributed by atoms with Crippen LogP contribution in [0, 0.1) is 6.92 Å². The molecule has 0 bridgehead atoms. The van der Waals surface area contributed by atoms with Crippen molar-refractivity contribution in [2.45, 2.75) is 45.8 Å². The van der Waals surface area contributed by atoms with Gasteiger partial charge in [0, 0.05) is 11.6 Å². The third-order valence-corrected chi connectivity index (χ3v) is 2.76. The number of carboxylic acid groups (broad SMARTS) is 1. The summed E-state index contributed by atoms with van der Waals surface area (Å²) in [5, 5.41) is 9.11. The van der Waals surface area contributed by atoms with Crippen molar-refractivity contribution < 1.29 is 14.6 Å². The summed E-state index contributed by atoms with van der Waals surface area (Å²) < 4.78 is 5.61. The second-order valence-electron chi connectivity index (χ2n) is 4.56. The molecular formula is C14H21NO3. The van der Waals surface area contributed by atoms with E-state index in [0.29, 0.717) is 12.2 Å². The third-order valence-electron chi connectivity index (χ3n) is 2.76. The van der Waals surface area contributed by atoms with E-state index in [1.807, 2.05) is 39.0 Å². The Labute approximate surface area is 108 Å². The molecule has 1 aromatic carbocycles. The fourth-order valence-corrected chi connectivity index (χ4v) is 1.77. The number of aliphatic carboxylic acids is 1. The van der Waals surface area contributed by atoms with E-state index in [9.17, 15) is 4.79 Å². The van der Waals surface area contributed by atoms with Crippen molar-refractivity contribution in [2.24, 2.45) is 5.73 Å². The van der Waals surface area contributed by atoms with E-state index in [1.165, 1.54) is 0 Å². The van der Waals surface area contributed by atoms with Crippen LogP contribution in [0.4, 0.5) is 0 Å². The van der Waals surface area contributed by atoms with Gasteiger partial charge in [-0.3, -0.25) is 0 Å². The molecule has 100 valence electrons. The minimum Gasteiger partial charge on any atom is -0.479 e. The molecule has 4 nitrogen and oxygen atoms in total. The highest BCUT2D eigenvalue weighted by Gasteiger charge is 2.20. The second-order valence-corrected chi connectivity index (χ2v) is 4.56. The molecule has 0 saturated carbocycles. The first-order chi connectivity index (χ1) is 8.45. The summed E-state index contributed by atoms with van der Waals surface area (Å²) in [5.74, 6) is -0.361. The van der Waals surface area contributed by atoms with Gasteiger partial charge in [-0.15, -0.1) is 0 Å². The number of carbonyl (C=O) groups is 1. The molecule has 2 atom stereocenters. The lowest BCUT2D eigenvalue weighted by atomic mass is 10.1. The van der Waals surface area contributed by atoms with Crippen LogP contribution in [-0.4, -0.2) is 17.2 Å². The SMILES string of the molecule is CCCC(Oc1cc(C)ccc1[C@@H](C)N)C(=O)O.